The van der Waals surface area contributed by atoms with Gasteiger partial charge in [-0.2, -0.15) is 0 Å². The number of hydrogen-bond acceptors (Lipinski definition) is 4. The van der Waals surface area contributed by atoms with Crippen LogP contribution in [0.2, 0.25) is 0 Å². The van der Waals surface area contributed by atoms with Crippen molar-refractivity contribution in [2.45, 2.75) is 51.1 Å². The molecule has 1 aromatic carbocycles. The molecule has 0 bridgehead atoms. The van der Waals surface area contributed by atoms with Crippen LogP contribution in [0.1, 0.15) is 55.7 Å². The summed E-state index contributed by atoms with van der Waals surface area (Å²) in [6, 6.07) is 14.3. The third kappa shape index (κ3) is 6.54. The topological polar surface area (TPSA) is 65.5 Å². The molecule has 1 spiro atoms. The number of aromatic nitrogens is 1. The van der Waals surface area contributed by atoms with Gasteiger partial charge in [-0.25, -0.2) is 0 Å². The SMILES string of the molecule is Cl.Cl.O=C(N[C@@H](CCN1CCC2(CC1)CCN(Cc1cccnc1)C2=O)c1ccccc1)C1CC1. The molecule has 1 N–H and O–H groups in total. The van der Waals surface area contributed by atoms with Crippen LogP contribution >= 0.6 is 24.8 Å². The second-order valence-electron chi connectivity index (χ2n) is 9.99. The molecule has 5 rings (SSSR count). The van der Waals surface area contributed by atoms with Crippen LogP contribution in [0.25, 0.3) is 0 Å². The number of pyridine rings is 1. The van der Waals surface area contributed by atoms with Gasteiger partial charge in [0.15, 0.2) is 0 Å². The van der Waals surface area contributed by atoms with Gasteiger partial charge >= 0.3 is 0 Å². The van der Waals surface area contributed by atoms with E-state index in [1.165, 1.54) is 5.56 Å². The van der Waals surface area contributed by atoms with Crippen molar-refractivity contribution in [1.82, 2.24) is 20.1 Å². The Balaban J connectivity index is 0.00000171. The summed E-state index contributed by atoms with van der Waals surface area (Å²) in [5.74, 6) is 0.741. The lowest BCUT2D eigenvalue weighted by molar-refractivity contribution is -0.139. The van der Waals surface area contributed by atoms with Crippen molar-refractivity contribution < 1.29 is 9.59 Å². The lowest BCUT2D eigenvalue weighted by atomic mass is 9.77. The van der Waals surface area contributed by atoms with Gasteiger partial charge in [0.1, 0.15) is 0 Å². The number of hydrogen-bond donors (Lipinski definition) is 1. The van der Waals surface area contributed by atoms with Gasteiger partial charge in [-0.1, -0.05) is 36.4 Å². The molecule has 0 radical (unpaired) electrons. The molecule has 1 aliphatic carbocycles. The summed E-state index contributed by atoms with van der Waals surface area (Å²) in [5, 5.41) is 3.29. The summed E-state index contributed by atoms with van der Waals surface area (Å²) in [6.45, 7) is 4.35. The minimum Gasteiger partial charge on any atom is -0.349 e. The van der Waals surface area contributed by atoms with Crippen LogP contribution < -0.4 is 5.32 Å². The van der Waals surface area contributed by atoms with Crippen molar-refractivity contribution in [3.8, 4) is 0 Å². The first-order chi connectivity index (χ1) is 16.1. The van der Waals surface area contributed by atoms with E-state index in [2.05, 4.69) is 27.3 Å². The molecule has 0 unspecified atom stereocenters. The molecule has 35 heavy (non-hydrogen) atoms. The summed E-state index contributed by atoms with van der Waals surface area (Å²) >= 11 is 0. The Hall–Kier alpha value is -2.15. The van der Waals surface area contributed by atoms with E-state index in [0.29, 0.717) is 12.5 Å². The first-order valence-electron chi connectivity index (χ1n) is 12.4. The number of nitrogens with zero attached hydrogens (tertiary/aromatic N) is 3. The van der Waals surface area contributed by atoms with E-state index >= 15 is 0 Å². The van der Waals surface area contributed by atoms with Crippen LogP contribution in [-0.4, -0.2) is 52.8 Å². The van der Waals surface area contributed by atoms with E-state index in [4.69, 9.17) is 0 Å². The summed E-state index contributed by atoms with van der Waals surface area (Å²) in [5.41, 5.74) is 2.09. The molecule has 190 valence electrons. The largest absolute Gasteiger partial charge is 0.349 e. The average Bonchev–Trinajstić information content (AvgIpc) is 3.67. The van der Waals surface area contributed by atoms with Gasteiger partial charge in [0.05, 0.1) is 11.5 Å². The van der Waals surface area contributed by atoms with Crippen molar-refractivity contribution in [2.75, 3.05) is 26.2 Å². The van der Waals surface area contributed by atoms with Crippen LogP contribution in [0.5, 0.6) is 0 Å². The zero-order chi connectivity index (χ0) is 22.7. The Morgan fingerprint density at radius 2 is 1.74 bits per heavy atom. The molecule has 6 nitrogen and oxygen atoms in total. The molecule has 2 saturated heterocycles. The smallest absolute Gasteiger partial charge is 0.229 e. The quantitative estimate of drug-likeness (QED) is 0.562. The van der Waals surface area contributed by atoms with Gasteiger partial charge in [-0.3, -0.25) is 14.6 Å². The minimum atomic E-state index is -0.183. The third-order valence-electron chi connectivity index (χ3n) is 7.71. The molecule has 2 aromatic rings. The zero-order valence-electron chi connectivity index (χ0n) is 20.1. The van der Waals surface area contributed by atoms with Crippen LogP contribution in [0.15, 0.2) is 54.9 Å². The molecule has 3 fully saturated rings. The number of rotatable bonds is 8. The molecule has 3 heterocycles. The molecule has 1 aromatic heterocycles. The van der Waals surface area contributed by atoms with Crippen molar-refractivity contribution in [3.63, 3.8) is 0 Å². The molecule has 2 aliphatic heterocycles. The summed E-state index contributed by atoms with van der Waals surface area (Å²) in [6.07, 6.45) is 9.39. The number of likely N-dealkylation sites (tertiary alicyclic amines) is 2. The monoisotopic (exact) mass is 518 g/mol. The summed E-state index contributed by atoms with van der Waals surface area (Å²) in [4.78, 5) is 34.4. The Morgan fingerprint density at radius 1 is 1.03 bits per heavy atom. The Kier molecular flexibility index (Phi) is 9.56. The molecular weight excluding hydrogens is 483 g/mol. The third-order valence-corrected chi connectivity index (χ3v) is 7.71. The van der Waals surface area contributed by atoms with Gasteiger partial charge in [0.25, 0.3) is 0 Å². The predicted molar refractivity (Wildman–Crippen MR) is 142 cm³/mol. The van der Waals surface area contributed by atoms with Crippen LogP contribution in [-0.2, 0) is 16.1 Å². The summed E-state index contributed by atoms with van der Waals surface area (Å²) in [7, 11) is 0. The number of halogens is 2. The first kappa shape index (κ1) is 27.4. The fourth-order valence-electron chi connectivity index (χ4n) is 5.38. The Labute approximate surface area is 220 Å². The van der Waals surface area contributed by atoms with E-state index in [1.807, 2.05) is 41.4 Å². The highest BCUT2D eigenvalue weighted by Crippen LogP contribution is 2.42. The van der Waals surface area contributed by atoms with Crippen molar-refractivity contribution >= 4 is 36.6 Å². The second kappa shape index (κ2) is 12.2. The van der Waals surface area contributed by atoms with Crippen LogP contribution in [0.3, 0.4) is 0 Å². The molecule has 3 aliphatic rings. The number of piperidine rings is 1. The fourth-order valence-corrected chi connectivity index (χ4v) is 5.38. The minimum absolute atomic E-state index is 0. The van der Waals surface area contributed by atoms with Gasteiger partial charge in [0, 0.05) is 37.9 Å². The van der Waals surface area contributed by atoms with Gasteiger partial charge < -0.3 is 15.1 Å². The molecular formula is C27H36Cl2N4O2. The number of amides is 2. The van der Waals surface area contributed by atoms with Crippen molar-refractivity contribution in [3.05, 3.63) is 66.0 Å². The Morgan fingerprint density at radius 3 is 2.40 bits per heavy atom. The number of carbonyl (C=O) groups excluding carboxylic acids is 2. The van der Waals surface area contributed by atoms with Crippen LogP contribution in [0.4, 0.5) is 0 Å². The lowest BCUT2D eigenvalue weighted by Gasteiger charge is -2.38. The van der Waals surface area contributed by atoms with E-state index in [1.54, 1.807) is 6.20 Å². The number of carbonyl (C=O) groups is 2. The van der Waals surface area contributed by atoms with Gasteiger partial charge in [-0.15, -0.1) is 24.8 Å². The highest BCUT2D eigenvalue weighted by molar-refractivity contribution is 5.86. The maximum atomic E-state index is 13.3. The maximum absolute atomic E-state index is 13.3. The predicted octanol–water partition coefficient (Wildman–Crippen LogP) is 4.40. The second-order valence-corrected chi connectivity index (χ2v) is 9.99. The Bertz CT molecular complexity index is 964. The van der Waals surface area contributed by atoms with Crippen molar-refractivity contribution in [2.24, 2.45) is 11.3 Å². The lowest BCUT2D eigenvalue weighted by Crippen LogP contribution is -2.45. The molecule has 1 atom stereocenters. The van der Waals surface area contributed by atoms with Gasteiger partial charge in [-0.05, 0) is 68.8 Å². The van der Waals surface area contributed by atoms with E-state index in [9.17, 15) is 9.59 Å². The molecule has 2 amide bonds. The van der Waals surface area contributed by atoms with Crippen LogP contribution in [0, 0.1) is 11.3 Å². The highest BCUT2D eigenvalue weighted by atomic mass is 35.5. The fraction of sp³-hybridized carbons (Fsp3) is 0.519. The number of nitrogens with one attached hydrogen (secondary N) is 1. The van der Waals surface area contributed by atoms with E-state index in [0.717, 1.165) is 70.3 Å². The zero-order valence-corrected chi connectivity index (χ0v) is 21.7. The first-order valence-corrected chi connectivity index (χ1v) is 12.4. The highest BCUT2D eigenvalue weighted by Gasteiger charge is 2.47. The average molecular weight is 520 g/mol. The summed E-state index contributed by atoms with van der Waals surface area (Å²) < 4.78 is 0. The van der Waals surface area contributed by atoms with E-state index < -0.39 is 0 Å². The maximum Gasteiger partial charge on any atom is 0.229 e. The van der Waals surface area contributed by atoms with Gasteiger partial charge in [0.2, 0.25) is 11.8 Å². The molecule has 1 saturated carbocycles. The number of benzene rings is 1. The van der Waals surface area contributed by atoms with Crippen molar-refractivity contribution in [1.29, 1.82) is 0 Å². The molecule has 8 heteroatoms. The van der Waals surface area contributed by atoms with E-state index in [-0.39, 0.29) is 48.1 Å². The normalized spacial score (nSPS) is 20.1. The standard InChI is InChI=1S/C27H34N4O2.2ClH/c32-25(23-8-9-23)29-24(22-6-2-1-3-7-22)10-15-30-16-11-27(12-17-30)13-18-31(26(27)33)20-21-5-4-14-28-19-21;;/h1-7,14,19,23-24H,8-13,15-18,20H2,(H,29,32);2*1H/t24-;;/m0../s1.